The van der Waals surface area contributed by atoms with Crippen LogP contribution in [0.1, 0.15) is 12.0 Å². The van der Waals surface area contributed by atoms with Gasteiger partial charge in [-0.3, -0.25) is 0 Å². The summed E-state index contributed by atoms with van der Waals surface area (Å²) < 4.78 is 32.3. The number of halogens is 2. The van der Waals surface area contributed by atoms with E-state index in [1.165, 1.54) is 12.1 Å². The van der Waals surface area contributed by atoms with Gasteiger partial charge in [-0.2, -0.15) is 8.78 Å². The van der Waals surface area contributed by atoms with E-state index in [1.54, 1.807) is 18.2 Å². The molecule has 0 unspecified atom stereocenters. The van der Waals surface area contributed by atoms with Gasteiger partial charge in [-0.05, 0) is 13.0 Å². The van der Waals surface area contributed by atoms with E-state index in [4.69, 9.17) is 9.84 Å². The van der Waals surface area contributed by atoms with Gasteiger partial charge in [0.1, 0.15) is 0 Å². The molecule has 0 bridgehead atoms. The third-order valence-corrected chi connectivity index (χ3v) is 2.42. The van der Waals surface area contributed by atoms with Gasteiger partial charge in [0.25, 0.3) is 5.92 Å². The molecule has 0 spiro atoms. The summed E-state index contributed by atoms with van der Waals surface area (Å²) in [4.78, 5) is 0. The minimum Gasteiger partial charge on any atom is -0.394 e. The molecular weight excluding hydrogens is 240 g/mol. The molecule has 0 amide bonds. The summed E-state index contributed by atoms with van der Waals surface area (Å²) in [6.45, 7) is 0.828. The molecule has 0 saturated heterocycles. The fraction of sp³-hybridized carbons (Fsp3) is 0.538. The minimum atomic E-state index is -2.85. The molecule has 0 aliphatic carbocycles. The lowest BCUT2D eigenvalue weighted by Gasteiger charge is -2.17. The van der Waals surface area contributed by atoms with Crippen molar-refractivity contribution in [2.24, 2.45) is 0 Å². The number of benzene rings is 1. The molecule has 1 rings (SSSR count). The van der Waals surface area contributed by atoms with E-state index in [0.717, 1.165) is 0 Å². The molecule has 0 radical (unpaired) electrons. The Hall–Kier alpha value is -1.04. The molecule has 0 fully saturated rings. The second-order valence-electron chi connectivity index (χ2n) is 3.94. The molecule has 1 aromatic rings. The molecule has 102 valence electrons. The first-order chi connectivity index (χ1) is 8.67. The highest BCUT2D eigenvalue weighted by Crippen LogP contribution is 2.26. The van der Waals surface area contributed by atoms with E-state index >= 15 is 0 Å². The van der Waals surface area contributed by atoms with Crippen LogP contribution in [0.25, 0.3) is 0 Å². The first-order valence-electron chi connectivity index (χ1n) is 5.99. The van der Waals surface area contributed by atoms with Gasteiger partial charge in [-0.15, -0.1) is 0 Å². The Kier molecular flexibility index (Phi) is 6.78. The lowest BCUT2D eigenvalue weighted by atomic mass is 10.1. The van der Waals surface area contributed by atoms with E-state index in [0.29, 0.717) is 26.2 Å². The van der Waals surface area contributed by atoms with E-state index in [9.17, 15) is 8.78 Å². The number of alkyl halides is 2. The Balaban J connectivity index is 2.18. The van der Waals surface area contributed by atoms with Gasteiger partial charge in [0.2, 0.25) is 0 Å². The van der Waals surface area contributed by atoms with Gasteiger partial charge in [0, 0.05) is 12.2 Å². The highest BCUT2D eigenvalue weighted by molar-refractivity contribution is 5.20. The number of rotatable bonds is 9. The molecule has 1 aromatic carbocycles. The molecule has 0 heterocycles. The van der Waals surface area contributed by atoms with Crippen molar-refractivity contribution in [3.8, 4) is 0 Å². The van der Waals surface area contributed by atoms with Crippen molar-refractivity contribution in [2.75, 3.05) is 32.9 Å². The molecule has 0 aliphatic heterocycles. The third-order valence-electron chi connectivity index (χ3n) is 2.42. The van der Waals surface area contributed by atoms with Gasteiger partial charge in [-0.25, -0.2) is 0 Å². The van der Waals surface area contributed by atoms with Crippen LogP contribution in [0.5, 0.6) is 0 Å². The van der Waals surface area contributed by atoms with Crippen LogP contribution in [0.4, 0.5) is 8.78 Å². The standard InChI is InChI=1S/C13H19F2NO2/c14-13(15,12-5-2-1-3-6-12)11-16-7-4-9-18-10-8-17/h1-3,5-6,16-17H,4,7-11H2. The number of ether oxygens (including phenoxy) is 1. The Morgan fingerprint density at radius 2 is 1.89 bits per heavy atom. The summed E-state index contributed by atoms with van der Waals surface area (Å²) in [5.41, 5.74) is 0.0223. The van der Waals surface area contributed by atoms with Crippen molar-refractivity contribution in [3.63, 3.8) is 0 Å². The normalized spacial score (nSPS) is 11.7. The quantitative estimate of drug-likeness (QED) is 0.664. The molecular formula is C13H19F2NO2. The number of hydrogen-bond donors (Lipinski definition) is 2. The van der Waals surface area contributed by atoms with Gasteiger partial charge in [0.05, 0.1) is 19.8 Å². The van der Waals surface area contributed by atoms with Gasteiger partial charge in [-0.1, -0.05) is 30.3 Å². The average Bonchev–Trinajstić information content (AvgIpc) is 2.39. The van der Waals surface area contributed by atoms with Gasteiger partial charge >= 0.3 is 0 Å². The highest BCUT2D eigenvalue weighted by Gasteiger charge is 2.30. The van der Waals surface area contributed by atoms with Gasteiger partial charge in [0.15, 0.2) is 0 Å². The fourth-order valence-corrected chi connectivity index (χ4v) is 1.50. The highest BCUT2D eigenvalue weighted by atomic mass is 19.3. The molecule has 5 heteroatoms. The Morgan fingerprint density at radius 1 is 1.17 bits per heavy atom. The van der Waals surface area contributed by atoms with Crippen LogP contribution in [-0.2, 0) is 10.7 Å². The number of hydrogen-bond acceptors (Lipinski definition) is 3. The molecule has 3 nitrogen and oxygen atoms in total. The zero-order valence-electron chi connectivity index (χ0n) is 10.2. The van der Waals surface area contributed by atoms with Crippen LogP contribution >= 0.6 is 0 Å². The monoisotopic (exact) mass is 259 g/mol. The van der Waals surface area contributed by atoms with Crippen LogP contribution < -0.4 is 5.32 Å². The van der Waals surface area contributed by atoms with Crippen LogP contribution in [0.2, 0.25) is 0 Å². The summed E-state index contributed by atoms with van der Waals surface area (Å²) >= 11 is 0. The van der Waals surface area contributed by atoms with E-state index < -0.39 is 5.92 Å². The van der Waals surface area contributed by atoms with Crippen LogP contribution in [-0.4, -0.2) is 38.0 Å². The van der Waals surface area contributed by atoms with Crippen molar-refractivity contribution in [1.29, 1.82) is 0 Å². The lowest BCUT2D eigenvalue weighted by molar-refractivity contribution is -0.00359. The Bertz CT molecular complexity index is 320. The number of aliphatic hydroxyl groups excluding tert-OH is 1. The maximum atomic E-state index is 13.7. The Labute approximate surface area is 106 Å². The van der Waals surface area contributed by atoms with E-state index in [-0.39, 0.29) is 18.7 Å². The summed E-state index contributed by atoms with van der Waals surface area (Å²) in [6.07, 6.45) is 0.644. The third kappa shape index (κ3) is 5.53. The zero-order chi connectivity index (χ0) is 13.3. The van der Waals surface area contributed by atoms with Crippen LogP contribution in [0.15, 0.2) is 30.3 Å². The maximum Gasteiger partial charge on any atom is 0.285 e. The fourth-order valence-electron chi connectivity index (χ4n) is 1.50. The average molecular weight is 259 g/mol. The second kappa shape index (κ2) is 8.13. The molecule has 0 saturated carbocycles. The van der Waals surface area contributed by atoms with Crippen molar-refractivity contribution in [2.45, 2.75) is 12.3 Å². The molecule has 0 aliphatic rings. The summed E-state index contributed by atoms with van der Waals surface area (Å²) in [5.74, 6) is -2.85. The second-order valence-corrected chi connectivity index (χ2v) is 3.94. The molecule has 0 aromatic heterocycles. The number of aliphatic hydroxyl groups is 1. The number of nitrogens with one attached hydrogen (secondary N) is 1. The summed E-state index contributed by atoms with van der Waals surface area (Å²) in [5, 5.41) is 11.2. The van der Waals surface area contributed by atoms with Crippen molar-refractivity contribution in [1.82, 2.24) is 5.32 Å². The van der Waals surface area contributed by atoms with E-state index in [1.807, 2.05) is 0 Å². The smallest absolute Gasteiger partial charge is 0.285 e. The topological polar surface area (TPSA) is 41.5 Å². The van der Waals surface area contributed by atoms with Gasteiger partial charge < -0.3 is 15.2 Å². The summed E-state index contributed by atoms with van der Waals surface area (Å²) in [7, 11) is 0. The lowest BCUT2D eigenvalue weighted by Crippen LogP contribution is -2.31. The molecule has 18 heavy (non-hydrogen) atoms. The maximum absolute atomic E-state index is 13.7. The van der Waals surface area contributed by atoms with Crippen LogP contribution in [0.3, 0.4) is 0 Å². The summed E-state index contributed by atoms with van der Waals surface area (Å²) in [6, 6.07) is 7.77. The Morgan fingerprint density at radius 3 is 2.56 bits per heavy atom. The van der Waals surface area contributed by atoms with E-state index in [2.05, 4.69) is 5.32 Å². The molecule has 0 atom stereocenters. The first-order valence-corrected chi connectivity index (χ1v) is 5.99. The zero-order valence-corrected chi connectivity index (χ0v) is 10.2. The van der Waals surface area contributed by atoms with Crippen molar-refractivity contribution < 1.29 is 18.6 Å². The predicted octanol–water partition coefficient (Wildman–Crippen LogP) is 1.77. The predicted molar refractivity (Wildman–Crippen MR) is 65.7 cm³/mol. The van der Waals surface area contributed by atoms with Crippen LogP contribution in [0, 0.1) is 0 Å². The first kappa shape index (κ1) is 15.0. The SMILES string of the molecule is OCCOCCCNCC(F)(F)c1ccccc1. The van der Waals surface area contributed by atoms with Crippen molar-refractivity contribution in [3.05, 3.63) is 35.9 Å². The minimum absolute atomic E-state index is 0.0144. The molecule has 2 N–H and O–H groups in total. The largest absolute Gasteiger partial charge is 0.394 e. The van der Waals surface area contributed by atoms with Crippen molar-refractivity contribution >= 4 is 0 Å².